The highest BCUT2D eigenvalue weighted by atomic mass is 16.3. The Hall–Kier alpha value is -2.49. The van der Waals surface area contributed by atoms with Crippen LogP contribution >= 0.6 is 0 Å². The molecule has 0 bridgehead atoms. The largest absolute Gasteiger partial charge is 0.467 e. The summed E-state index contributed by atoms with van der Waals surface area (Å²) in [6, 6.07) is 11.9. The van der Waals surface area contributed by atoms with Crippen molar-refractivity contribution < 1.29 is 9.21 Å². The molecule has 0 aliphatic rings. The number of benzene rings is 1. The lowest BCUT2D eigenvalue weighted by Gasteiger charge is -2.03. The molecule has 0 saturated carbocycles. The molecule has 108 valence electrons. The maximum absolute atomic E-state index is 11.9. The number of nitrogens with zero attached hydrogens (tertiary/aromatic N) is 1. The number of amides is 1. The molecule has 3 rings (SSSR count). The number of rotatable bonds is 5. The standard InChI is InChI=1S/C17H18N2O2/c1-19-12-13(15-6-2-3-7-16(15)19)8-9-17(20)18-11-14-5-4-10-21-14/h2-7,10,12H,8-9,11H2,1H3,(H,18,20). The van der Waals surface area contributed by atoms with E-state index in [1.165, 1.54) is 16.5 Å². The lowest BCUT2D eigenvalue weighted by atomic mass is 10.1. The summed E-state index contributed by atoms with van der Waals surface area (Å²) in [5.41, 5.74) is 2.41. The first-order valence-corrected chi connectivity index (χ1v) is 7.06. The number of hydrogen-bond acceptors (Lipinski definition) is 2. The molecule has 4 heteroatoms. The van der Waals surface area contributed by atoms with Gasteiger partial charge in [0.25, 0.3) is 0 Å². The highest BCUT2D eigenvalue weighted by Gasteiger charge is 2.08. The maximum atomic E-state index is 11.9. The number of fused-ring (bicyclic) bond motifs is 1. The first-order valence-electron chi connectivity index (χ1n) is 7.06. The van der Waals surface area contributed by atoms with E-state index >= 15 is 0 Å². The lowest BCUT2D eigenvalue weighted by Crippen LogP contribution is -2.22. The van der Waals surface area contributed by atoms with Crippen LogP contribution in [0.5, 0.6) is 0 Å². The molecule has 0 radical (unpaired) electrons. The Balaban J connectivity index is 1.60. The summed E-state index contributed by atoms with van der Waals surface area (Å²) in [5, 5.41) is 4.09. The van der Waals surface area contributed by atoms with Crippen molar-refractivity contribution in [1.82, 2.24) is 9.88 Å². The number of carbonyl (C=O) groups excluding carboxylic acids is 1. The van der Waals surface area contributed by atoms with Crippen LogP contribution in [0, 0.1) is 0 Å². The number of furan rings is 1. The minimum atomic E-state index is 0.0411. The summed E-state index contributed by atoms with van der Waals surface area (Å²) < 4.78 is 7.29. The van der Waals surface area contributed by atoms with E-state index in [1.54, 1.807) is 6.26 Å². The van der Waals surface area contributed by atoms with Gasteiger partial charge in [-0.3, -0.25) is 4.79 Å². The van der Waals surface area contributed by atoms with Gasteiger partial charge in [-0.1, -0.05) is 18.2 Å². The molecule has 0 fully saturated rings. The van der Waals surface area contributed by atoms with Gasteiger partial charge >= 0.3 is 0 Å². The van der Waals surface area contributed by atoms with E-state index in [4.69, 9.17) is 4.42 Å². The molecule has 1 aromatic carbocycles. The fraction of sp³-hybridized carbons (Fsp3) is 0.235. The average molecular weight is 282 g/mol. The van der Waals surface area contributed by atoms with Crippen LogP contribution < -0.4 is 5.32 Å². The molecule has 0 atom stereocenters. The molecule has 0 saturated heterocycles. The van der Waals surface area contributed by atoms with Crippen LogP contribution in [-0.4, -0.2) is 10.5 Å². The molecule has 3 aromatic rings. The number of carbonyl (C=O) groups is 1. The highest BCUT2D eigenvalue weighted by Crippen LogP contribution is 2.21. The Labute approximate surface area is 123 Å². The van der Waals surface area contributed by atoms with E-state index in [2.05, 4.69) is 28.2 Å². The molecule has 21 heavy (non-hydrogen) atoms. The van der Waals surface area contributed by atoms with E-state index in [0.29, 0.717) is 13.0 Å². The summed E-state index contributed by atoms with van der Waals surface area (Å²) in [4.78, 5) is 11.9. The van der Waals surface area contributed by atoms with E-state index in [-0.39, 0.29) is 5.91 Å². The van der Waals surface area contributed by atoms with Gasteiger partial charge in [-0.2, -0.15) is 0 Å². The van der Waals surface area contributed by atoms with Crippen molar-refractivity contribution in [1.29, 1.82) is 0 Å². The molecule has 0 aliphatic heterocycles. The van der Waals surface area contributed by atoms with Crippen LogP contribution in [0.2, 0.25) is 0 Å². The van der Waals surface area contributed by atoms with Gasteiger partial charge in [0.2, 0.25) is 5.91 Å². The smallest absolute Gasteiger partial charge is 0.220 e. The monoisotopic (exact) mass is 282 g/mol. The van der Waals surface area contributed by atoms with Crippen LogP contribution in [0.25, 0.3) is 10.9 Å². The minimum Gasteiger partial charge on any atom is -0.467 e. The summed E-state index contributed by atoms with van der Waals surface area (Å²) >= 11 is 0. The summed E-state index contributed by atoms with van der Waals surface area (Å²) in [5.74, 6) is 0.813. The summed E-state index contributed by atoms with van der Waals surface area (Å²) in [6.45, 7) is 0.446. The SMILES string of the molecule is Cn1cc(CCC(=O)NCc2ccco2)c2ccccc21. The topological polar surface area (TPSA) is 47.2 Å². The third kappa shape index (κ3) is 2.99. The molecule has 1 N–H and O–H groups in total. The third-order valence-electron chi connectivity index (χ3n) is 3.64. The maximum Gasteiger partial charge on any atom is 0.220 e. The molecule has 0 spiro atoms. The second-order valence-electron chi connectivity index (χ2n) is 5.14. The van der Waals surface area contributed by atoms with Gasteiger partial charge in [-0.25, -0.2) is 0 Å². The van der Waals surface area contributed by atoms with Crippen molar-refractivity contribution in [2.24, 2.45) is 7.05 Å². The first-order chi connectivity index (χ1) is 10.2. The average Bonchev–Trinajstić information content (AvgIpc) is 3.12. The Kier molecular flexibility index (Phi) is 3.77. The Morgan fingerprint density at radius 1 is 1.24 bits per heavy atom. The van der Waals surface area contributed by atoms with Gasteiger partial charge in [0.05, 0.1) is 12.8 Å². The van der Waals surface area contributed by atoms with Crippen molar-refractivity contribution in [2.75, 3.05) is 0 Å². The highest BCUT2D eigenvalue weighted by molar-refractivity contribution is 5.84. The Morgan fingerprint density at radius 3 is 2.90 bits per heavy atom. The molecule has 4 nitrogen and oxygen atoms in total. The first kappa shape index (κ1) is 13.5. The molecule has 0 aliphatic carbocycles. The quantitative estimate of drug-likeness (QED) is 0.782. The fourth-order valence-corrected chi connectivity index (χ4v) is 2.56. The van der Waals surface area contributed by atoms with Crippen LogP contribution in [0.3, 0.4) is 0 Å². The Morgan fingerprint density at radius 2 is 2.10 bits per heavy atom. The van der Waals surface area contributed by atoms with Crippen molar-refractivity contribution in [2.45, 2.75) is 19.4 Å². The molecule has 2 aromatic heterocycles. The van der Waals surface area contributed by atoms with Crippen LogP contribution in [0.1, 0.15) is 17.7 Å². The van der Waals surface area contributed by atoms with Gasteiger partial charge in [0, 0.05) is 30.6 Å². The van der Waals surface area contributed by atoms with Crippen LogP contribution in [-0.2, 0) is 24.8 Å². The molecular formula is C17H18N2O2. The van der Waals surface area contributed by atoms with Crippen molar-refractivity contribution in [3.8, 4) is 0 Å². The van der Waals surface area contributed by atoms with E-state index in [0.717, 1.165) is 12.2 Å². The second-order valence-corrected chi connectivity index (χ2v) is 5.14. The number of nitrogens with one attached hydrogen (secondary N) is 1. The van der Waals surface area contributed by atoms with Crippen molar-refractivity contribution in [3.63, 3.8) is 0 Å². The number of aromatic nitrogens is 1. The summed E-state index contributed by atoms with van der Waals surface area (Å²) in [6.07, 6.45) is 4.93. The molecule has 1 amide bonds. The van der Waals surface area contributed by atoms with Gasteiger partial charge in [-0.05, 0) is 30.2 Å². The number of para-hydroxylation sites is 1. The molecule has 2 heterocycles. The fourth-order valence-electron chi connectivity index (χ4n) is 2.56. The van der Waals surface area contributed by atoms with E-state index in [9.17, 15) is 4.79 Å². The second kappa shape index (κ2) is 5.87. The zero-order chi connectivity index (χ0) is 14.7. The molecule has 0 unspecified atom stereocenters. The normalized spacial score (nSPS) is 10.9. The predicted molar refractivity (Wildman–Crippen MR) is 81.8 cm³/mol. The van der Waals surface area contributed by atoms with Crippen molar-refractivity contribution in [3.05, 3.63) is 60.2 Å². The zero-order valence-electron chi connectivity index (χ0n) is 12.0. The van der Waals surface area contributed by atoms with Crippen molar-refractivity contribution >= 4 is 16.8 Å². The zero-order valence-corrected chi connectivity index (χ0v) is 12.0. The Bertz CT molecular complexity index is 741. The van der Waals surface area contributed by atoms with Gasteiger partial charge < -0.3 is 14.3 Å². The minimum absolute atomic E-state index is 0.0411. The number of hydrogen-bond donors (Lipinski definition) is 1. The van der Waals surface area contributed by atoms with E-state index in [1.807, 2.05) is 31.3 Å². The van der Waals surface area contributed by atoms with Gasteiger partial charge in [0.1, 0.15) is 5.76 Å². The van der Waals surface area contributed by atoms with Crippen LogP contribution in [0.4, 0.5) is 0 Å². The lowest BCUT2D eigenvalue weighted by molar-refractivity contribution is -0.121. The van der Waals surface area contributed by atoms with Gasteiger partial charge in [0.15, 0.2) is 0 Å². The third-order valence-corrected chi connectivity index (χ3v) is 3.64. The van der Waals surface area contributed by atoms with E-state index < -0.39 is 0 Å². The molecular weight excluding hydrogens is 264 g/mol. The number of aryl methyl sites for hydroxylation is 2. The van der Waals surface area contributed by atoms with Crippen LogP contribution in [0.15, 0.2) is 53.3 Å². The predicted octanol–water partition coefficient (Wildman–Crippen LogP) is 3.02. The van der Waals surface area contributed by atoms with Gasteiger partial charge in [-0.15, -0.1) is 0 Å². The summed E-state index contributed by atoms with van der Waals surface area (Å²) in [7, 11) is 2.03.